The third-order valence-corrected chi connectivity index (χ3v) is 3.73. The molecule has 1 aliphatic heterocycles. The number of amides is 1. The number of likely N-dealkylation sites (tertiary alicyclic amines) is 1. The maximum Gasteiger partial charge on any atom is 0.223 e. The number of carbonyl (C=O) groups is 2. The van der Waals surface area contributed by atoms with Crippen molar-refractivity contribution in [2.75, 3.05) is 6.54 Å². The van der Waals surface area contributed by atoms with Crippen LogP contribution in [0.4, 0.5) is 0 Å². The van der Waals surface area contributed by atoms with Crippen molar-refractivity contribution in [1.29, 1.82) is 0 Å². The van der Waals surface area contributed by atoms with Gasteiger partial charge < -0.3 is 4.90 Å². The van der Waals surface area contributed by atoms with Gasteiger partial charge in [0, 0.05) is 31.3 Å². The SMILES string of the molecule is C=CCN1C(=O)CCC12CCC(=O)CC2. The van der Waals surface area contributed by atoms with Crippen LogP contribution in [0.25, 0.3) is 0 Å². The van der Waals surface area contributed by atoms with Gasteiger partial charge in [-0.2, -0.15) is 0 Å². The third kappa shape index (κ3) is 1.71. The van der Waals surface area contributed by atoms with Gasteiger partial charge in [0.05, 0.1) is 0 Å². The molecule has 1 saturated carbocycles. The van der Waals surface area contributed by atoms with Crippen molar-refractivity contribution in [2.45, 2.75) is 44.1 Å². The van der Waals surface area contributed by atoms with Gasteiger partial charge in [-0.05, 0) is 19.3 Å². The minimum absolute atomic E-state index is 0.0147. The minimum atomic E-state index is -0.0147. The van der Waals surface area contributed by atoms with E-state index in [-0.39, 0.29) is 11.4 Å². The van der Waals surface area contributed by atoms with Crippen LogP contribution < -0.4 is 0 Å². The Labute approximate surface area is 90.1 Å². The quantitative estimate of drug-likeness (QED) is 0.646. The highest BCUT2D eigenvalue weighted by molar-refractivity contribution is 5.83. The third-order valence-electron chi connectivity index (χ3n) is 3.73. The lowest BCUT2D eigenvalue weighted by Gasteiger charge is -2.40. The van der Waals surface area contributed by atoms with Gasteiger partial charge in [-0.1, -0.05) is 6.08 Å². The van der Waals surface area contributed by atoms with Crippen molar-refractivity contribution in [2.24, 2.45) is 0 Å². The van der Waals surface area contributed by atoms with Gasteiger partial charge in [-0.3, -0.25) is 9.59 Å². The maximum atomic E-state index is 11.7. The molecule has 0 bridgehead atoms. The number of carbonyl (C=O) groups excluding carboxylic acids is 2. The van der Waals surface area contributed by atoms with E-state index < -0.39 is 0 Å². The van der Waals surface area contributed by atoms with Gasteiger partial charge in [0.15, 0.2) is 0 Å². The molecule has 3 nitrogen and oxygen atoms in total. The highest BCUT2D eigenvalue weighted by atomic mass is 16.2. The predicted molar refractivity (Wildman–Crippen MR) is 57.4 cm³/mol. The Morgan fingerprint density at radius 1 is 1.20 bits per heavy atom. The normalized spacial score (nSPS) is 24.9. The van der Waals surface area contributed by atoms with Gasteiger partial charge in [-0.25, -0.2) is 0 Å². The summed E-state index contributed by atoms with van der Waals surface area (Å²) in [5.74, 6) is 0.572. The molecule has 15 heavy (non-hydrogen) atoms. The van der Waals surface area contributed by atoms with Gasteiger partial charge in [0.25, 0.3) is 0 Å². The molecular formula is C12H17NO2. The molecule has 1 saturated heterocycles. The molecule has 3 heteroatoms. The molecule has 2 rings (SSSR count). The van der Waals surface area contributed by atoms with Crippen LogP contribution in [0.1, 0.15) is 38.5 Å². The molecule has 2 fully saturated rings. The summed E-state index contributed by atoms with van der Waals surface area (Å²) in [6.07, 6.45) is 6.33. The lowest BCUT2D eigenvalue weighted by molar-refractivity contribution is -0.133. The van der Waals surface area contributed by atoms with Crippen molar-refractivity contribution < 1.29 is 9.59 Å². The molecule has 1 spiro atoms. The van der Waals surface area contributed by atoms with Gasteiger partial charge >= 0.3 is 0 Å². The van der Waals surface area contributed by atoms with Gasteiger partial charge in [0.2, 0.25) is 5.91 Å². The first-order chi connectivity index (χ1) is 7.18. The van der Waals surface area contributed by atoms with Crippen LogP contribution in [0.5, 0.6) is 0 Å². The molecule has 0 unspecified atom stereocenters. The van der Waals surface area contributed by atoms with Crippen molar-refractivity contribution >= 4 is 11.7 Å². The zero-order valence-electron chi connectivity index (χ0n) is 9.00. The summed E-state index contributed by atoms with van der Waals surface area (Å²) in [6, 6.07) is 0. The molecule has 2 aliphatic rings. The molecule has 1 amide bonds. The van der Waals surface area contributed by atoms with Crippen LogP contribution in [0, 0.1) is 0 Å². The fraction of sp³-hybridized carbons (Fsp3) is 0.667. The lowest BCUT2D eigenvalue weighted by Crippen LogP contribution is -2.48. The molecule has 0 aromatic rings. The monoisotopic (exact) mass is 207 g/mol. The van der Waals surface area contributed by atoms with E-state index in [1.54, 1.807) is 6.08 Å². The molecule has 0 radical (unpaired) electrons. The molecule has 82 valence electrons. The second kappa shape index (κ2) is 3.80. The van der Waals surface area contributed by atoms with Crippen molar-refractivity contribution in [3.63, 3.8) is 0 Å². The van der Waals surface area contributed by atoms with E-state index in [9.17, 15) is 9.59 Å². The van der Waals surface area contributed by atoms with Gasteiger partial charge in [0.1, 0.15) is 5.78 Å². The summed E-state index contributed by atoms with van der Waals surface area (Å²) in [5.41, 5.74) is -0.0147. The minimum Gasteiger partial charge on any atom is -0.333 e. The highest BCUT2D eigenvalue weighted by Crippen LogP contribution is 2.41. The molecular weight excluding hydrogens is 190 g/mol. The zero-order valence-corrected chi connectivity index (χ0v) is 9.00. The van der Waals surface area contributed by atoms with E-state index >= 15 is 0 Å². The fourth-order valence-electron chi connectivity index (χ4n) is 2.81. The highest BCUT2D eigenvalue weighted by Gasteiger charge is 2.46. The Morgan fingerprint density at radius 2 is 1.80 bits per heavy atom. The Kier molecular flexibility index (Phi) is 2.63. The first kappa shape index (κ1) is 10.4. The van der Waals surface area contributed by atoms with Crippen LogP contribution >= 0.6 is 0 Å². The van der Waals surface area contributed by atoms with Crippen molar-refractivity contribution in [3.05, 3.63) is 12.7 Å². The molecule has 0 N–H and O–H groups in total. The average Bonchev–Trinajstić information content (AvgIpc) is 2.53. The van der Waals surface area contributed by atoms with E-state index in [0.29, 0.717) is 31.6 Å². The van der Waals surface area contributed by atoms with E-state index in [4.69, 9.17) is 0 Å². The number of Topliss-reactive ketones (excluding diaryl/α,β-unsaturated/α-hetero) is 1. The molecule has 0 atom stereocenters. The second-order valence-electron chi connectivity index (χ2n) is 4.56. The summed E-state index contributed by atoms with van der Waals surface area (Å²) in [4.78, 5) is 24.9. The zero-order chi connectivity index (χ0) is 10.9. The fourth-order valence-corrected chi connectivity index (χ4v) is 2.81. The van der Waals surface area contributed by atoms with E-state index in [2.05, 4.69) is 6.58 Å². The maximum absolute atomic E-state index is 11.7. The number of hydrogen-bond acceptors (Lipinski definition) is 2. The Bertz CT molecular complexity index is 299. The summed E-state index contributed by atoms with van der Waals surface area (Å²) in [5, 5.41) is 0. The topological polar surface area (TPSA) is 37.4 Å². The number of nitrogens with zero attached hydrogens (tertiary/aromatic N) is 1. The molecule has 0 aromatic heterocycles. The molecule has 1 aliphatic carbocycles. The van der Waals surface area contributed by atoms with E-state index in [0.717, 1.165) is 19.3 Å². The van der Waals surface area contributed by atoms with Crippen molar-refractivity contribution in [3.8, 4) is 0 Å². The first-order valence-corrected chi connectivity index (χ1v) is 5.61. The first-order valence-electron chi connectivity index (χ1n) is 5.61. The van der Waals surface area contributed by atoms with Crippen LogP contribution in [0.3, 0.4) is 0 Å². The van der Waals surface area contributed by atoms with Crippen molar-refractivity contribution in [1.82, 2.24) is 4.90 Å². The molecule has 0 aromatic carbocycles. The van der Waals surface area contributed by atoms with Gasteiger partial charge in [-0.15, -0.1) is 6.58 Å². The van der Waals surface area contributed by atoms with Crippen LogP contribution in [0.2, 0.25) is 0 Å². The second-order valence-corrected chi connectivity index (χ2v) is 4.56. The standard InChI is InChI=1S/C12H17NO2/c1-2-9-13-11(15)5-8-12(13)6-3-10(14)4-7-12/h2H,1,3-9H2. The predicted octanol–water partition coefficient (Wildman–Crippen LogP) is 1.68. The Morgan fingerprint density at radius 3 is 2.40 bits per heavy atom. The summed E-state index contributed by atoms with van der Waals surface area (Å²) in [7, 11) is 0. The lowest BCUT2D eigenvalue weighted by atomic mass is 9.79. The number of rotatable bonds is 2. The Balaban J connectivity index is 2.15. The smallest absolute Gasteiger partial charge is 0.223 e. The average molecular weight is 207 g/mol. The summed E-state index contributed by atoms with van der Waals surface area (Å²) in [6.45, 7) is 4.32. The van der Waals surface area contributed by atoms with E-state index in [1.807, 2.05) is 4.90 Å². The van der Waals surface area contributed by atoms with Crippen LogP contribution in [0.15, 0.2) is 12.7 Å². The van der Waals surface area contributed by atoms with Crippen LogP contribution in [-0.4, -0.2) is 28.7 Å². The largest absolute Gasteiger partial charge is 0.333 e. The number of ketones is 1. The number of hydrogen-bond donors (Lipinski definition) is 0. The summed E-state index contributed by atoms with van der Waals surface area (Å²) >= 11 is 0. The Hall–Kier alpha value is -1.12. The van der Waals surface area contributed by atoms with Crippen LogP contribution in [-0.2, 0) is 9.59 Å². The summed E-state index contributed by atoms with van der Waals surface area (Å²) < 4.78 is 0. The molecule has 1 heterocycles. The van der Waals surface area contributed by atoms with E-state index in [1.165, 1.54) is 0 Å².